The highest BCUT2D eigenvalue weighted by molar-refractivity contribution is 5.59. The molecular weight excluding hydrogens is 423 g/mol. The molecule has 0 bridgehead atoms. The molecule has 1 N–H and O–H groups in total. The first-order chi connectivity index (χ1) is 16.1. The van der Waals surface area contributed by atoms with Crippen LogP contribution in [0.1, 0.15) is 48.5 Å². The molecule has 0 spiro atoms. The largest absolute Gasteiger partial charge is 0.403 e. The van der Waals surface area contributed by atoms with Gasteiger partial charge in [-0.15, -0.1) is 5.10 Å². The van der Waals surface area contributed by atoms with Crippen molar-refractivity contribution in [2.45, 2.75) is 32.2 Å². The standard InChI is InChI=1S/C23H21FN8O/c1-13(2)14-6-4-9-32-18(14)11-17(30-32)20-19-16(26-12-27-19)7-10-31(20)23-29-28-22(33-23)15-5-3-8-25-21(15)24/h3-6,8-9,11-13,20H,7,10H2,1-2H3,(H,26,27). The lowest BCUT2D eigenvalue weighted by Crippen LogP contribution is -2.36. The molecule has 6 heterocycles. The number of rotatable bonds is 4. The van der Waals surface area contributed by atoms with Crippen molar-refractivity contribution in [1.82, 2.24) is 34.8 Å². The summed E-state index contributed by atoms with van der Waals surface area (Å²) in [4.78, 5) is 13.5. The van der Waals surface area contributed by atoms with Gasteiger partial charge in [-0.2, -0.15) is 9.49 Å². The van der Waals surface area contributed by atoms with Crippen molar-refractivity contribution < 1.29 is 8.81 Å². The molecule has 0 saturated heterocycles. The second-order valence-corrected chi connectivity index (χ2v) is 8.36. The fourth-order valence-corrected chi connectivity index (χ4v) is 4.45. The van der Waals surface area contributed by atoms with Gasteiger partial charge in [0.1, 0.15) is 6.04 Å². The van der Waals surface area contributed by atoms with Crippen LogP contribution in [0.2, 0.25) is 0 Å². The van der Waals surface area contributed by atoms with E-state index in [2.05, 4.69) is 51.1 Å². The lowest BCUT2D eigenvalue weighted by Gasteiger charge is -2.32. The van der Waals surface area contributed by atoms with Gasteiger partial charge in [-0.1, -0.05) is 25.0 Å². The minimum absolute atomic E-state index is 0.0827. The van der Waals surface area contributed by atoms with Gasteiger partial charge in [-0.05, 0) is 35.7 Å². The summed E-state index contributed by atoms with van der Waals surface area (Å²) in [6.07, 6.45) is 5.75. The highest BCUT2D eigenvalue weighted by Crippen LogP contribution is 2.37. The lowest BCUT2D eigenvalue weighted by atomic mass is 9.99. The molecule has 6 rings (SSSR count). The molecule has 0 fully saturated rings. The fourth-order valence-electron chi connectivity index (χ4n) is 4.45. The van der Waals surface area contributed by atoms with E-state index in [1.165, 1.54) is 11.8 Å². The Morgan fingerprint density at radius 3 is 2.94 bits per heavy atom. The number of fused-ring (bicyclic) bond motifs is 2. The van der Waals surface area contributed by atoms with Crippen molar-refractivity contribution in [3.8, 4) is 11.5 Å². The molecule has 0 saturated carbocycles. The van der Waals surface area contributed by atoms with Crippen LogP contribution in [-0.2, 0) is 6.42 Å². The Labute approximate surface area is 188 Å². The second-order valence-electron chi connectivity index (χ2n) is 8.36. The van der Waals surface area contributed by atoms with Crippen LogP contribution in [0.15, 0.2) is 53.5 Å². The summed E-state index contributed by atoms with van der Waals surface area (Å²) >= 11 is 0. The molecule has 5 aromatic rings. The van der Waals surface area contributed by atoms with E-state index in [1.54, 1.807) is 18.5 Å². The summed E-state index contributed by atoms with van der Waals surface area (Å²) < 4.78 is 22.0. The first-order valence-electron chi connectivity index (χ1n) is 10.8. The van der Waals surface area contributed by atoms with Gasteiger partial charge in [0.15, 0.2) is 0 Å². The summed E-state index contributed by atoms with van der Waals surface area (Å²) in [5.74, 6) is -0.215. The van der Waals surface area contributed by atoms with Gasteiger partial charge < -0.3 is 14.3 Å². The number of hydrogen-bond acceptors (Lipinski definition) is 7. The average molecular weight is 444 g/mol. The van der Waals surface area contributed by atoms with E-state index in [9.17, 15) is 4.39 Å². The van der Waals surface area contributed by atoms with Crippen molar-refractivity contribution in [2.75, 3.05) is 11.4 Å². The molecule has 1 unspecified atom stereocenters. The van der Waals surface area contributed by atoms with Crippen molar-refractivity contribution in [3.63, 3.8) is 0 Å². The number of aromatic amines is 1. The zero-order valence-electron chi connectivity index (χ0n) is 18.1. The summed E-state index contributed by atoms with van der Waals surface area (Å²) in [5.41, 5.74) is 5.17. The van der Waals surface area contributed by atoms with Crippen molar-refractivity contribution >= 4 is 11.5 Å². The van der Waals surface area contributed by atoms with Crippen LogP contribution in [0.3, 0.4) is 0 Å². The van der Waals surface area contributed by atoms with E-state index in [-0.39, 0.29) is 23.5 Å². The predicted molar refractivity (Wildman–Crippen MR) is 118 cm³/mol. The molecule has 1 atom stereocenters. The van der Waals surface area contributed by atoms with Crippen molar-refractivity contribution in [1.29, 1.82) is 0 Å². The summed E-state index contributed by atoms with van der Waals surface area (Å²) in [6, 6.07) is 9.37. The van der Waals surface area contributed by atoms with Crippen LogP contribution in [-0.4, -0.2) is 41.3 Å². The summed E-state index contributed by atoms with van der Waals surface area (Å²) in [7, 11) is 0. The first-order valence-corrected chi connectivity index (χ1v) is 10.8. The summed E-state index contributed by atoms with van der Waals surface area (Å²) in [6.45, 7) is 4.94. The second kappa shape index (κ2) is 7.51. The number of imidazole rings is 1. The van der Waals surface area contributed by atoms with Crippen LogP contribution < -0.4 is 4.90 Å². The minimum atomic E-state index is -0.654. The zero-order chi connectivity index (χ0) is 22.5. The van der Waals surface area contributed by atoms with E-state index < -0.39 is 5.95 Å². The fraction of sp³-hybridized carbons (Fsp3) is 0.261. The first kappa shape index (κ1) is 19.6. The van der Waals surface area contributed by atoms with Gasteiger partial charge in [0, 0.05) is 31.1 Å². The van der Waals surface area contributed by atoms with Crippen LogP contribution in [0.4, 0.5) is 10.4 Å². The Balaban J connectivity index is 1.46. The predicted octanol–water partition coefficient (Wildman–Crippen LogP) is 3.92. The number of pyridine rings is 2. The Bertz CT molecular complexity index is 1450. The number of halogens is 1. The molecule has 1 aliphatic heterocycles. The summed E-state index contributed by atoms with van der Waals surface area (Å²) in [5, 5.41) is 13.2. The van der Waals surface area contributed by atoms with Crippen LogP contribution in [0, 0.1) is 5.95 Å². The van der Waals surface area contributed by atoms with Gasteiger partial charge in [-0.3, -0.25) is 0 Å². The number of aromatic nitrogens is 7. The smallest absolute Gasteiger partial charge is 0.319 e. The third-order valence-electron chi connectivity index (χ3n) is 6.03. The maximum atomic E-state index is 14.2. The average Bonchev–Trinajstić information content (AvgIpc) is 3.56. The van der Waals surface area contributed by atoms with Crippen LogP contribution in [0.5, 0.6) is 0 Å². The van der Waals surface area contributed by atoms with Crippen LogP contribution in [0.25, 0.3) is 17.0 Å². The quantitative estimate of drug-likeness (QED) is 0.419. The molecule has 5 aromatic heterocycles. The van der Waals surface area contributed by atoms with Gasteiger partial charge in [0.2, 0.25) is 5.95 Å². The number of H-pyrrole nitrogens is 1. The highest BCUT2D eigenvalue weighted by Gasteiger charge is 2.36. The van der Waals surface area contributed by atoms with Gasteiger partial charge in [-0.25, -0.2) is 14.5 Å². The molecule has 0 aromatic carbocycles. The molecule has 9 nitrogen and oxygen atoms in total. The molecule has 166 valence electrons. The molecule has 1 aliphatic rings. The SMILES string of the molecule is CC(C)c1cccn2nc(C3c4nc[nH]c4CCN3c3nnc(-c4cccnc4F)o3)cc12. The van der Waals surface area contributed by atoms with E-state index in [0.29, 0.717) is 12.5 Å². The van der Waals surface area contributed by atoms with Crippen LogP contribution >= 0.6 is 0 Å². The van der Waals surface area contributed by atoms with Crippen molar-refractivity contribution in [2.24, 2.45) is 0 Å². The maximum Gasteiger partial charge on any atom is 0.319 e. The van der Waals surface area contributed by atoms with Crippen molar-refractivity contribution in [3.05, 3.63) is 77.6 Å². The lowest BCUT2D eigenvalue weighted by molar-refractivity contribution is 0.499. The Morgan fingerprint density at radius 2 is 2.09 bits per heavy atom. The number of nitrogens with one attached hydrogen (secondary N) is 1. The molecule has 33 heavy (non-hydrogen) atoms. The van der Waals surface area contributed by atoms with Gasteiger partial charge in [0.05, 0.1) is 28.8 Å². The Kier molecular flexibility index (Phi) is 4.46. The Morgan fingerprint density at radius 1 is 1.18 bits per heavy atom. The monoisotopic (exact) mass is 444 g/mol. The molecule has 0 amide bonds. The number of nitrogens with zero attached hydrogens (tertiary/aromatic N) is 7. The van der Waals surface area contributed by atoms with E-state index in [4.69, 9.17) is 9.52 Å². The highest BCUT2D eigenvalue weighted by atomic mass is 19.1. The third kappa shape index (κ3) is 3.17. The zero-order valence-corrected chi connectivity index (χ0v) is 18.1. The maximum absolute atomic E-state index is 14.2. The molecule has 10 heteroatoms. The van der Waals surface area contributed by atoms with Gasteiger partial charge >= 0.3 is 6.01 Å². The van der Waals surface area contributed by atoms with Gasteiger partial charge in [0.25, 0.3) is 5.89 Å². The number of anilines is 1. The van der Waals surface area contributed by atoms with E-state index in [0.717, 1.165) is 29.0 Å². The molecular formula is C23H21FN8O. The molecule has 0 aliphatic carbocycles. The normalized spacial score (nSPS) is 16.0. The topological polar surface area (TPSA) is 101 Å². The van der Waals surface area contributed by atoms with E-state index >= 15 is 0 Å². The third-order valence-corrected chi connectivity index (χ3v) is 6.03. The van der Waals surface area contributed by atoms with E-state index in [1.807, 2.05) is 21.7 Å². The molecule has 0 radical (unpaired) electrons. The Hall–Kier alpha value is -4.08. The number of hydrogen-bond donors (Lipinski definition) is 1. The minimum Gasteiger partial charge on any atom is -0.403 e.